The number of anilines is 1. The molecule has 0 radical (unpaired) electrons. The topological polar surface area (TPSA) is 58.6 Å². The van der Waals surface area contributed by atoms with Gasteiger partial charge in [-0.25, -0.2) is 4.79 Å². The van der Waals surface area contributed by atoms with E-state index in [9.17, 15) is 22.8 Å². The van der Waals surface area contributed by atoms with Crippen LogP contribution in [0.15, 0.2) is 66.7 Å². The molecule has 5 nitrogen and oxygen atoms in total. The smallest absolute Gasteiger partial charge is 0.416 e. The zero-order chi connectivity index (χ0) is 25.4. The molecule has 4 rings (SSSR count). The number of carbonyl (C=O) groups excluding carboxylic acids is 2. The van der Waals surface area contributed by atoms with E-state index in [-0.39, 0.29) is 33.4 Å². The van der Waals surface area contributed by atoms with Crippen LogP contribution in [-0.4, -0.2) is 25.1 Å². The maximum absolute atomic E-state index is 14.7. The van der Waals surface area contributed by atoms with Crippen molar-refractivity contribution in [3.63, 3.8) is 0 Å². The number of benzene rings is 3. The van der Waals surface area contributed by atoms with Gasteiger partial charge in [0.05, 0.1) is 19.3 Å². The predicted molar refractivity (Wildman–Crippen MR) is 127 cm³/mol. The largest absolute Gasteiger partial charge is 0.497 e. The molecule has 0 aromatic heterocycles. The molecule has 10 heteroatoms. The van der Waals surface area contributed by atoms with Crippen molar-refractivity contribution in [2.75, 3.05) is 12.0 Å². The number of ketones is 1. The van der Waals surface area contributed by atoms with Crippen molar-refractivity contribution >= 4 is 40.7 Å². The summed E-state index contributed by atoms with van der Waals surface area (Å²) in [7, 11) is 1.51. The molecule has 1 aliphatic rings. The third-order valence-electron chi connectivity index (χ3n) is 5.83. The number of amides is 2. The van der Waals surface area contributed by atoms with Crippen LogP contribution in [0.3, 0.4) is 0 Å². The number of rotatable bonds is 6. The van der Waals surface area contributed by atoms with Crippen LogP contribution >= 0.6 is 23.2 Å². The van der Waals surface area contributed by atoms with Gasteiger partial charge in [0, 0.05) is 27.6 Å². The van der Waals surface area contributed by atoms with Crippen molar-refractivity contribution in [3.05, 3.63) is 93.5 Å². The average molecular weight is 523 g/mol. The molecule has 1 atom stereocenters. The lowest BCUT2D eigenvalue weighted by Crippen LogP contribution is -2.63. The zero-order valence-electron chi connectivity index (χ0n) is 18.3. The van der Waals surface area contributed by atoms with Crippen LogP contribution in [0.4, 0.5) is 23.7 Å². The number of nitrogens with zero attached hydrogens (tertiary/aromatic N) is 1. The first-order chi connectivity index (χ1) is 16.5. The summed E-state index contributed by atoms with van der Waals surface area (Å²) in [6, 6.07) is 15.3. The molecule has 1 unspecified atom stereocenters. The molecule has 35 heavy (non-hydrogen) atoms. The summed E-state index contributed by atoms with van der Waals surface area (Å²) in [4.78, 5) is 27.3. The van der Waals surface area contributed by atoms with Crippen LogP contribution in [0, 0.1) is 0 Å². The highest BCUT2D eigenvalue weighted by Crippen LogP contribution is 2.49. The van der Waals surface area contributed by atoms with Gasteiger partial charge in [-0.05, 0) is 48.0 Å². The molecule has 0 bridgehead atoms. The van der Waals surface area contributed by atoms with Crippen molar-refractivity contribution < 1.29 is 27.5 Å². The lowest BCUT2D eigenvalue weighted by atomic mass is 9.80. The van der Waals surface area contributed by atoms with Crippen molar-refractivity contribution in [2.24, 2.45) is 0 Å². The second kappa shape index (κ2) is 9.43. The highest BCUT2D eigenvalue weighted by atomic mass is 35.5. The summed E-state index contributed by atoms with van der Waals surface area (Å²) in [5, 5.41) is 2.33. The van der Waals surface area contributed by atoms with E-state index in [4.69, 9.17) is 27.9 Å². The molecular weight excluding hydrogens is 504 g/mol. The van der Waals surface area contributed by atoms with Gasteiger partial charge in [0.2, 0.25) is 0 Å². The Bertz CT molecular complexity index is 1280. The molecule has 1 aliphatic heterocycles. The number of ether oxygens (including phenoxy) is 1. The van der Waals surface area contributed by atoms with Gasteiger partial charge in [-0.3, -0.25) is 9.69 Å². The number of urea groups is 1. The molecule has 3 aromatic carbocycles. The minimum Gasteiger partial charge on any atom is -0.497 e. The first kappa shape index (κ1) is 24.9. The summed E-state index contributed by atoms with van der Waals surface area (Å²) < 4.78 is 49.2. The number of fused-ring (bicyclic) bond motifs is 1. The standard InChI is InChI=1S/C25H19Cl2F3N2O3/c1-35-19-8-5-15(6-9-19)14-32-21-10-7-18(27)12-20(21)24(25(28,29)30,31-23(32)34)13-22(33)16-3-2-4-17(26)11-16/h2-12H,13-14H2,1H3,(H,31,34). The van der Waals surface area contributed by atoms with E-state index in [1.807, 2.05) is 0 Å². The van der Waals surface area contributed by atoms with Gasteiger partial charge in [0.25, 0.3) is 0 Å². The summed E-state index contributed by atoms with van der Waals surface area (Å²) in [6.07, 6.45) is -6.07. The Kier molecular flexibility index (Phi) is 6.71. The molecule has 182 valence electrons. The van der Waals surface area contributed by atoms with Crippen LogP contribution in [0.5, 0.6) is 5.75 Å². The van der Waals surface area contributed by atoms with E-state index in [1.165, 1.54) is 48.4 Å². The van der Waals surface area contributed by atoms with Gasteiger partial charge in [-0.1, -0.05) is 47.5 Å². The monoisotopic (exact) mass is 522 g/mol. The second-order valence-corrected chi connectivity index (χ2v) is 8.91. The van der Waals surface area contributed by atoms with Gasteiger partial charge in [-0.2, -0.15) is 13.2 Å². The molecule has 0 saturated carbocycles. The Morgan fingerprint density at radius 1 is 1.03 bits per heavy atom. The molecule has 3 aromatic rings. The third-order valence-corrected chi connectivity index (χ3v) is 6.30. The van der Waals surface area contributed by atoms with Gasteiger partial charge in [-0.15, -0.1) is 0 Å². The fraction of sp³-hybridized carbons (Fsp3) is 0.200. The van der Waals surface area contributed by atoms with Crippen LogP contribution in [0.25, 0.3) is 0 Å². The maximum atomic E-state index is 14.7. The SMILES string of the molecule is COc1ccc(CN2C(=O)NC(CC(=O)c3cccc(Cl)c3)(C(F)(F)F)c3cc(Cl)ccc32)cc1. The molecule has 2 amide bonds. The Labute approximate surface area is 209 Å². The Morgan fingerprint density at radius 3 is 2.34 bits per heavy atom. The van der Waals surface area contributed by atoms with Crippen molar-refractivity contribution in [1.29, 1.82) is 0 Å². The molecule has 0 aliphatic carbocycles. The first-order valence-corrected chi connectivity index (χ1v) is 11.2. The summed E-state index contributed by atoms with van der Waals surface area (Å²) in [5.74, 6) is -0.237. The number of Topliss-reactive ketones (excluding diaryl/α,β-unsaturated/α-hetero) is 1. The minimum atomic E-state index is -5.01. The molecule has 1 N–H and O–H groups in total. The molecule has 0 spiro atoms. The van der Waals surface area contributed by atoms with Gasteiger partial charge in [0.1, 0.15) is 5.75 Å². The van der Waals surface area contributed by atoms with E-state index in [0.29, 0.717) is 11.3 Å². The highest BCUT2D eigenvalue weighted by Gasteiger charge is 2.61. The Morgan fingerprint density at radius 2 is 1.71 bits per heavy atom. The average Bonchev–Trinajstić information content (AvgIpc) is 2.81. The number of hydrogen-bond donors (Lipinski definition) is 1. The fourth-order valence-corrected chi connectivity index (χ4v) is 4.41. The minimum absolute atomic E-state index is 0.000357. The summed E-state index contributed by atoms with van der Waals surface area (Å²) >= 11 is 12.0. The predicted octanol–water partition coefficient (Wildman–Crippen LogP) is 6.76. The number of halogens is 5. The van der Waals surface area contributed by atoms with E-state index >= 15 is 0 Å². The maximum Gasteiger partial charge on any atom is 0.416 e. The van der Waals surface area contributed by atoms with Crippen molar-refractivity contribution in [2.45, 2.75) is 24.7 Å². The van der Waals surface area contributed by atoms with Gasteiger partial charge >= 0.3 is 12.2 Å². The van der Waals surface area contributed by atoms with Crippen molar-refractivity contribution in [3.8, 4) is 5.75 Å². The number of hydrogen-bond acceptors (Lipinski definition) is 3. The molecule has 0 saturated heterocycles. The lowest BCUT2D eigenvalue weighted by Gasteiger charge is -2.44. The van der Waals surface area contributed by atoms with Crippen LogP contribution < -0.4 is 15.0 Å². The number of carbonyl (C=O) groups is 2. The van der Waals surface area contributed by atoms with Crippen LogP contribution in [0.2, 0.25) is 10.0 Å². The van der Waals surface area contributed by atoms with E-state index in [1.54, 1.807) is 24.3 Å². The van der Waals surface area contributed by atoms with Crippen LogP contribution in [0.1, 0.15) is 27.9 Å². The van der Waals surface area contributed by atoms with Crippen molar-refractivity contribution in [1.82, 2.24) is 5.32 Å². The first-order valence-electron chi connectivity index (χ1n) is 10.4. The third kappa shape index (κ3) is 4.81. The lowest BCUT2D eigenvalue weighted by molar-refractivity contribution is -0.196. The molecule has 0 fully saturated rings. The zero-order valence-corrected chi connectivity index (χ0v) is 19.8. The Hall–Kier alpha value is -3.23. The second-order valence-electron chi connectivity index (χ2n) is 8.04. The van der Waals surface area contributed by atoms with Gasteiger partial charge in [0.15, 0.2) is 11.3 Å². The number of alkyl halides is 3. The van der Waals surface area contributed by atoms with E-state index in [0.717, 1.165) is 6.07 Å². The Balaban J connectivity index is 1.79. The van der Waals surface area contributed by atoms with E-state index in [2.05, 4.69) is 5.32 Å². The highest BCUT2D eigenvalue weighted by molar-refractivity contribution is 6.31. The molecular formula is C25H19Cl2F3N2O3. The number of methoxy groups -OCH3 is 1. The number of nitrogens with one attached hydrogen (secondary N) is 1. The van der Waals surface area contributed by atoms with Crippen LogP contribution in [-0.2, 0) is 12.1 Å². The molecule has 1 heterocycles. The van der Waals surface area contributed by atoms with Gasteiger partial charge < -0.3 is 10.1 Å². The normalized spacial score (nSPS) is 17.5. The summed E-state index contributed by atoms with van der Waals surface area (Å²) in [6.45, 7) is -0.0133. The van der Waals surface area contributed by atoms with E-state index < -0.39 is 30.0 Å². The fourth-order valence-electron chi connectivity index (χ4n) is 4.05. The summed E-state index contributed by atoms with van der Waals surface area (Å²) in [5.41, 5.74) is -2.64. The quantitative estimate of drug-likeness (QED) is 0.363.